The smallest absolute Gasteiger partial charge is 0.0547 e. The zero-order valence-corrected chi connectivity index (χ0v) is 11.0. The molecule has 1 aliphatic heterocycles. The Balaban J connectivity index is 2.36. The quantitative estimate of drug-likeness (QED) is 0.867. The average molecular weight is 232 g/mol. The van der Waals surface area contributed by atoms with Crippen molar-refractivity contribution >= 4 is 5.69 Å². The fraction of sp³-hybridized carbons (Fsp3) is 0.600. The van der Waals surface area contributed by atoms with E-state index >= 15 is 0 Å². The minimum absolute atomic E-state index is 0.152. The Morgan fingerprint density at radius 2 is 1.88 bits per heavy atom. The average Bonchev–Trinajstić information content (AvgIpc) is 2.40. The molecule has 1 heterocycles. The molecule has 94 valence electrons. The zero-order chi connectivity index (χ0) is 12.3. The van der Waals surface area contributed by atoms with Crippen molar-refractivity contribution in [3.8, 4) is 0 Å². The highest BCUT2D eigenvalue weighted by atomic mass is 15.2. The number of hydrogen-bond donors (Lipinski definition) is 1. The fourth-order valence-electron chi connectivity index (χ4n) is 3.31. The van der Waals surface area contributed by atoms with Crippen molar-refractivity contribution in [2.45, 2.75) is 51.1 Å². The van der Waals surface area contributed by atoms with Crippen LogP contribution in [0.5, 0.6) is 0 Å². The van der Waals surface area contributed by atoms with Crippen molar-refractivity contribution in [1.29, 1.82) is 0 Å². The standard InChI is InChI=1S/C15H24N2/c1-3-15(4-2)14(16)11-8-12-17(15)13-9-6-5-7-10-13/h5-7,9-10,14H,3-4,8,11-12,16H2,1-2H3. The lowest BCUT2D eigenvalue weighted by molar-refractivity contribution is 0.246. The second-order valence-electron chi connectivity index (χ2n) is 5.05. The van der Waals surface area contributed by atoms with Gasteiger partial charge >= 0.3 is 0 Å². The number of hydrogen-bond acceptors (Lipinski definition) is 2. The molecule has 0 saturated carbocycles. The molecule has 1 unspecified atom stereocenters. The van der Waals surface area contributed by atoms with Gasteiger partial charge in [-0.3, -0.25) is 0 Å². The SMILES string of the molecule is CCC1(CC)C(N)CCCN1c1ccccc1. The lowest BCUT2D eigenvalue weighted by Crippen LogP contribution is -2.63. The summed E-state index contributed by atoms with van der Waals surface area (Å²) in [6.45, 7) is 5.68. The first-order chi connectivity index (χ1) is 8.24. The molecule has 0 bridgehead atoms. The van der Waals surface area contributed by atoms with E-state index in [0.29, 0.717) is 6.04 Å². The minimum atomic E-state index is 0.152. The van der Waals surface area contributed by atoms with Crippen LogP contribution in [0.1, 0.15) is 39.5 Å². The van der Waals surface area contributed by atoms with Crippen molar-refractivity contribution in [3.05, 3.63) is 30.3 Å². The first-order valence-electron chi connectivity index (χ1n) is 6.83. The lowest BCUT2D eigenvalue weighted by Gasteiger charge is -2.52. The summed E-state index contributed by atoms with van der Waals surface area (Å²) in [5, 5.41) is 0. The highest BCUT2D eigenvalue weighted by Gasteiger charge is 2.41. The molecule has 1 fully saturated rings. The van der Waals surface area contributed by atoms with E-state index in [-0.39, 0.29) is 5.54 Å². The molecule has 0 aliphatic carbocycles. The van der Waals surface area contributed by atoms with Crippen molar-refractivity contribution in [2.75, 3.05) is 11.4 Å². The van der Waals surface area contributed by atoms with Gasteiger partial charge in [0.2, 0.25) is 0 Å². The Kier molecular flexibility index (Phi) is 3.72. The molecule has 1 atom stereocenters. The monoisotopic (exact) mass is 232 g/mol. The Labute approximate surface area is 105 Å². The van der Waals surface area contributed by atoms with Gasteiger partial charge < -0.3 is 10.6 Å². The summed E-state index contributed by atoms with van der Waals surface area (Å²) in [6, 6.07) is 11.0. The zero-order valence-electron chi connectivity index (χ0n) is 11.0. The summed E-state index contributed by atoms with van der Waals surface area (Å²) < 4.78 is 0. The van der Waals surface area contributed by atoms with E-state index in [1.165, 1.54) is 12.1 Å². The highest BCUT2D eigenvalue weighted by molar-refractivity contribution is 5.50. The maximum Gasteiger partial charge on any atom is 0.0547 e. The van der Waals surface area contributed by atoms with E-state index in [1.54, 1.807) is 0 Å². The second-order valence-corrected chi connectivity index (χ2v) is 5.05. The van der Waals surface area contributed by atoms with Gasteiger partial charge in [-0.25, -0.2) is 0 Å². The number of piperidine rings is 1. The third kappa shape index (κ3) is 2.06. The van der Waals surface area contributed by atoms with E-state index in [9.17, 15) is 0 Å². The summed E-state index contributed by atoms with van der Waals surface area (Å²) in [6.07, 6.45) is 4.61. The fourth-order valence-corrected chi connectivity index (χ4v) is 3.31. The first kappa shape index (κ1) is 12.4. The third-order valence-electron chi connectivity index (χ3n) is 4.42. The Morgan fingerprint density at radius 3 is 2.47 bits per heavy atom. The number of benzene rings is 1. The molecule has 2 nitrogen and oxygen atoms in total. The summed E-state index contributed by atoms with van der Waals surface area (Å²) in [5.41, 5.74) is 7.90. The van der Waals surface area contributed by atoms with Gasteiger partial charge in [-0.1, -0.05) is 32.0 Å². The molecule has 2 rings (SSSR count). The van der Waals surface area contributed by atoms with Crippen molar-refractivity contribution < 1.29 is 0 Å². The van der Waals surface area contributed by atoms with Crippen LogP contribution in [0.4, 0.5) is 5.69 Å². The van der Waals surface area contributed by atoms with Gasteiger partial charge in [-0.2, -0.15) is 0 Å². The molecule has 17 heavy (non-hydrogen) atoms. The van der Waals surface area contributed by atoms with Crippen LogP contribution in [0, 0.1) is 0 Å². The van der Waals surface area contributed by atoms with Gasteiger partial charge in [-0.15, -0.1) is 0 Å². The normalized spacial score (nSPS) is 23.7. The molecular weight excluding hydrogens is 208 g/mol. The summed E-state index contributed by atoms with van der Waals surface area (Å²) in [4.78, 5) is 2.54. The van der Waals surface area contributed by atoms with Gasteiger partial charge in [0.25, 0.3) is 0 Å². The molecule has 2 N–H and O–H groups in total. The van der Waals surface area contributed by atoms with Gasteiger partial charge in [0.05, 0.1) is 5.54 Å². The van der Waals surface area contributed by atoms with Crippen molar-refractivity contribution in [1.82, 2.24) is 0 Å². The Morgan fingerprint density at radius 1 is 1.24 bits per heavy atom. The predicted octanol–water partition coefficient (Wildman–Crippen LogP) is 3.17. The van der Waals surface area contributed by atoms with Gasteiger partial charge in [0.1, 0.15) is 0 Å². The van der Waals surface area contributed by atoms with E-state index in [1.807, 2.05) is 0 Å². The van der Waals surface area contributed by atoms with Crippen LogP contribution in [0.3, 0.4) is 0 Å². The largest absolute Gasteiger partial charge is 0.364 e. The molecule has 0 radical (unpaired) electrons. The van der Waals surface area contributed by atoms with E-state index in [0.717, 1.165) is 25.8 Å². The summed E-state index contributed by atoms with van der Waals surface area (Å²) >= 11 is 0. The molecular formula is C15H24N2. The minimum Gasteiger partial charge on any atom is -0.364 e. The highest BCUT2D eigenvalue weighted by Crippen LogP contribution is 2.36. The summed E-state index contributed by atoms with van der Waals surface area (Å²) in [5.74, 6) is 0. The second kappa shape index (κ2) is 5.09. The van der Waals surface area contributed by atoms with E-state index < -0.39 is 0 Å². The maximum atomic E-state index is 6.42. The molecule has 0 amide bonds. The molecule has 1 aliphatic rings. The lowest BCUT2D eigenvalue weighted by atomic mass is 9.77. The molecule has 0 spiro atoms. The number of rotatable bonds is 3. The number of anilines is 1. The van der Waals surface area contributed by atoms with Gasteiger partial charge in [0, 0.05) is 18.3 Å². The number of para-hydroxylation sites is 1. The van der Waals surface area contributed by atoms with E-state index in [2.05, 4.69) is 49.1 Å². The van der Waals surface area contributed by atoms with Crippen LogP contribution >= 0.6 is 0 Å². The van der Waals surface area contributed by atoms with Crippen LogP contribution in [0.15, 0.2) is 30.3 Å². The molecule has 1 aromatic rings. The maximum absolute atomic E-state index is 6.42. The molecule has 1 aromatic carbocycles. The number of nitrogens with two attached hydrogens (primary N) is 1. The Bertz CT molecular complexity index is 343. The van der Waals surface area contributed by atoms with Crippen LogP contribution in [-0.4, -0.2) is 18.1 Å². The van der Waals surface area contributed by atoms with Crippen molar-refractivity contribution in [3.63, 3.8) is 0 Å². The topological polar surface area (TPSA) is 29.3 Å². The molecule has 1 saturated heterocycles. The molecule has 0 aromatic heterocycles. The van der Waals surface area contributed by atoms with Crippen molar-refractivity contribution in [2.24, 2.45) is 5.73 Å². The van der Waals surface area contributed by atoms with E-state index in [4.69, 9.17) is 5.73 Å². The van der Waals surface area contributed by atoms with Crippen LogP contribution in [0.2, 0.25) is 0 Å². The summed E-state index contributed by atoms with van der Waals surface area (Å²) in [7, 11) is 0. The first-order valence-corrected chi connectivity index (χ1v) is 6.83. The predicted molar refractivity (Wildman–Crippen MR) is 74.3 cm³/mol. The van der Waals surface area contributed by atoms with Gasteiger partial charge in [0.15, 0.2) is 0 Å². The van der Waals surface area contributed by atoms with Crippen LogP contribution in [-0.2, 0) is 0 Å². The number of nitrogens with zero attached hydrogens (tertiary/aromatic N) is 1. The third-order valence-corrected chi connectivity index (χ3v) is 4.42. The van der Waals surface area contributed by atoms with Crippen LogP contribution < -0.4 is 10.6 Å². The molecule has 2 heteroatoms. The van der Waals surface area contributed by atoms with Gasteiger partial charge in [-0.05, 0) is 37.8 Å². The van der Waals surface area contributed by atoms with Crippen LogP contribution in [0.25, 0.3) is 0 Å². The Hall–Kier alpha value is -1.02.